The molecule has 2 unspecified atom stereocenters. The van der Waals surface area contributed by atoms with Crippen LogP contribution in [0.2, 0.25) is 0 Å². The van der Waals surface area contributed by atoms with Gasteiger partial charge < -0.3 is 20.3 Å². The van der Waals surface area contributed by atoms with E-state index in [1.807, 2.05) is 0 Å². The summed E-state index contributed by atoms with van der Waals surface area (Å²) in [5.41, 5.74) is 0. The number of hydrogen-bond acceptors (Lipinski definition) is 5. The van der Waals surface area contributed by atoms with Crippen LogP contribution in [0.5, 0.6) is 0 Å². The van der Waals surface area contributed by atoms with Gasteiger partial charge in [-0.3, -0.25) is 9.59 Å². The second kappa shape index (κ2) is 60.2. The molecule has 0 heterocycles. The lowest BCUT2D eigenvalue weighted by molar-refractivity contribution is -0.143. The van der Waals surface area contributed by atoms with Crippen LogP contribution in [-0.2, 0) is 14.3 Å². The van der Waals surface area contributed by atoms with E-state index >= 15 is 0 Å². The van der Waals surface area contributed by atoms with Gasteiger partial charge in [0.1, 0.15) is 0 Å². The SMILES string of the molecule is CCCCCCCCCCCCCCCCCCCCCC(O)C(CO)NC(=O)CCCCCCC/C=C\CCCCCCCCCCCOC(=O)CCCCCCCCCCCCCCCCCC. The van der Waals surface area contributed by atoms with E-state index in [1.54, 1.807) is 0 Å². The first-order valence-corrected chi connectivity index (χ1v) is 31.9. The molecule has 0 aromatic rings. The Morgan fingerprint density at radius 2 is 0.671 bits per heavy atom. The number of amides is 1. The zero-order valence-electron chi connectivity index (χ0n) is 47.5. The maximum absolute atomic E-state index is 12.5. The van der Waals surface area contributed by atoms with Gasteiger partial charge in [-0.25, -0.2) is 0 Å². The van der Waals surface area contributed by atoms with Gasteiger partial charge in [-0.1, -0.05) is 309 Å². The fourth-order valence-electron chi connectivity index (χ4n) is 10.2. The van der Waals surface area contributed by atoms with Gasteiger partial charge >= 0.3 is 5.97 Å². The van der Waals surface area contributed by atoms with Gasteiger partial charge in [0.25, 0.3) is 0 Å². The van der Waals surface area contributed by atoms with Crippen molar-refractivity contribution >= 4 is 11.9 Å². The van der Waals surface area contributed by atoms with Gasteiger partial charge in [0, 0.05) is 12.8 Å². The molecule has 6 heteroatoms. The van der Waals surface area contributed by atoms with Gasteiger partial charge in [-0.15, -0.1) is 0 Å². The number of allylic oxidation sites excluding steroid dienone is 2. The first-order valence-electron chi connectivity index (χ1n) is 31.9. The number of hydrogen-bond donors (Lipinski definition) is 3. The Morgan fingerprint density at radius 1 is 0.386 bits per heavy atom. The van der Waals surface area contributed by atoms with Crippen LogP contribution in [0.1, 0.15) is 361 Å². The highest BCUT2D eigenvalue weighted by Crippen LogP contribution is 2.18. The highest BCUT2D eigenvalue weighted by molar-refractivity contribution is 5.76. The molecule has 0 fully saturated rings. The van der Waals surface area contributed by atoms with Gasteiger partial charge in [0.2, 0.25) is 5.91 Å². The van der Waals surface area contributed by atoms with Crippen molar-refractivity contribution in [2.24, 2.45) is 0 Å². The Hall–Kier alpha value is -1.40. The Labute approximate surface area is 438 Å². The molecule has 0 rings (SSSR count). The maximum Gasteiger partial charge on any atom is 0.305 e. The summed E-state index contributed by atoms with van der Waals surface area (Å²) < 4.78 is 5.49. The van der Waals surface area contributed by atoms with E-state index in [4.69, 9.17) is 4.74 Å². The van der Waals surface area contributed by atoms with Crippen molar-refractivity contribution in [3.63, 3.8) is 0 Å². The summed E-state index contributed by atoms with van der Waals surface area (Å²) in [6.07, 6.45) is 72.2. The first kappa shape index (κ1) is 68.6. The van der Waals surface area contributed by atoms with Crippen LogP contribution in [0.3, 0.4) is 0 Å². The Morgan fingerprint density at radius 3 is 1.01 bits per heavy atom. The number of rotatable bonds is 60. The molecule has 2 atom stereocenters. The van der Waals surface area contributed by atoms with E-state index in [0.29, 0.717) is 25.9 Å². The van der Waals surface area contributed by atoms with Crippen molar-refractivity contribution in [1.29, 1.82) is 0 Å². The molecule has 0 spiro atoms. The summed E-state index contributed by atoms with van der Waals surface area (Å²) >= 11 is 0. The molecule has 0 aromatic heterocycles. The third kappa shape index (κ3) is 55.9. The van der Waals surface area contributed by atoms with E-state index in [-0.39, 0.29) is 18.5 Å². The molecule has 0 saturated heterocycles. The lowest BCUT2D eigenvalue weighted by Gasteiger charge is -2.22. The number of carbonyl (C=O) groups is 2. The van der Waals surface area contributed by atoms with Crippen LogP contribution in [0.25, 0.3) is 0 Å². The van der Waals surface area contributed by atoms with Gasteiger partial charge in [-0.05, 0) is 51.4 Å². The van der Waals surface area contributed by atoms with Gasteiger partial charge in [0.05, 0.1) is 25.4 Å². The van der Waals surface area contributed by atoms with Crippen LogP contribution < -0.4 is 5.32 Å². The molecule has 1 amide bonds. The van der Waals surface area contributed by atoms with E-state index in [0.717, 1.165) is 51.4 Å². The van der Waals surface area contributed by atoms with E-state index < -0.39 is 12.1 Å². The summed E-state index contributed by atoms with van der Waals surface area (Å²) in [5.74, 6) is -0.0381. The van der Waals surface area contributed by atoms with E-state index in [9.17, 15) is 19.8 Å². The van der Waals surface area contributed by atoms with E-state index in [2.05, 4.69) is 31.3 Å². The Balaban J connectivity index is 3.43. The number of carbonyl (C=O) groups excluding carboxylic acids is 2. The van der Waals surface area contributed by atoms with Crippen molar-refractivity contribution in [2.75, 3.05) is 13.2 Å². The van der Waals surface area contributed by atoms with Crippen molar-refractivity contribution in [3.05, 3.63) is 12.2 Å². The smallest absolute Gasteiger partial charge is 0.305 e. The van der Waals surface area contributed by atoms with Gasteiger partial charge in [0.15, 0.2) is 0 Å². The molecule has 0 radical (unpaired) electrons. The molecular formula is C64H125NO5. The van der Waals surface area contributed by atoms with Crippen LogP contribution in [-0.4, -0.2) is 47.4 Å². The minimum absolute atomic E-state index is 0.00743. The molecule has 0 saturated carbocycles. The Kier molecular flexibility index (Phi) is 59.0. The summed E-state index contributed by atoms with van der Waals surface area (Å²) in [7, 11) is 0. The maximum atomic E-state index is 12.5. The average Bonchev–Trinajstić information content (AvgIpc) is 3.36. The molecule has 0 aromatic carbocycles. The molecule has 3 N–H and O–H groups in total. The fourth-order valence-corrected chi connectivity index (χ4v) is 10.2. The van der Waals surface area contributed by atoms with Crippen LogP contribution in [0.15, 0.2) is 12.2 Å². The van der Waals surface area contributed by atoms with Crippen molar-refractivity contribution in [3.8, 4) is 0 Å². The van der Waals surface area contributed by atoms with E-state index in [1.165, 1.54) is 276 Å². The zero-order chi connectivity index (χ0) is 50.7. The third-order valence-corrected chi connectivity index (χ3v) is 15.1. The largest absolute Gasteiger partial charge is 0.466 e. The monoisotopic (exact) mass is 988 g/mol. The standard InChI is InChI=1S/C64H125NO5/c1-3-5-7-9-11-13-15-17-19-21-22-25-28-32-36-40-44-48-52-56-62(67)61(60-66)65-63(68)57-53-49-45-41-37-33-29-26-23-24-27-31-35-39-43-47-51-55-59-70-64(69)58-54-50-46-42-38-34-30-20-18-16-14-12-10-8-6-4-2/h26,29,61-62,66-67H,3-25,27-28,30-60H2,1-2H3,(H,65,68)/b29-26-. The fraction of sp³-hybridized carbons (Fsp3) is 0.938. The lowest BCUT2D eigenvalue weighted by atomic mass is 10.0. The Bertz CT molecular complexity index is 1050. The van der Waals surface area contributed by atoms with Crippen LogP contribution in [0.4, 0.5) is 0 Å². The van der Waals surface area contributed by atoms with Crippen molar-refractivity contribution < 1.29 is 24.5 Å². The van der Waals surface area contributed by atoms with Crippen LogP contribution in [0, 0.1) is 0 Å². The third-order valence-electron chi connectivity index (χ3n) is 15.1. The predicted molar refractivity (Wildman–Crippen MR) is 306 cm³/mol. The number of ether oxygens (including phenoxy) is 1. The molecule has 416 valence electrons. The minimum Gasteiger partial charge on any atom is -0.466 e. The summed E-state index contributed by atoms with van der Waals surface area (Å²) in [5, 5.41) is 23.3. The molecule has 0 aliphatic heterocycles. The average molecular weight is 989 g/mol. The summed E-state index contributed by atoms with van der Waals surface area (Å²) in [6.45, 7) is 4.97. The minimum atomic E-state index is -0.673. The molecule has 70 heavy (non-hydrogen) atoms. The second-order valence-corrected chi connectivity index (χ2v) is 22.1. The van der Waals surface area contributed by atoms with Gasteiger partial charge in [-0.2, -0.15) is 0 Å². The highest BCUT2D eigenvalue weighted by Gasteiger charge is 2.20. The second-order valence-electron chi connectivity index (χ2n) is 22.1. The molecule has 6 nitrogen and oxygen atoms in total. The highest BCUT2D eigenvalue weighted by atomic mass is 16.5. The number of nitrogens with one attached hydrogen (secondary N) is 1. The summed E-state index contributed by atoms with van der Waals surface area (Å²) in [4.78, 5) is 24.6. The van der Waals surface area contributed by atoms with Crippen molar-refractivity contribution in [1.82, 2.24) is 5.32 Å². The first-order chi connectivity index (χ1) is 34.5. The molecule has 0 aliphatic carbocycles. The topological polar surface area (TPSA) is 95.9 Å². The lowest BCUT2D eigenvalue weighted by Crippen LogP contribution is -2.45. The normalized spacial score (nSPS) is 12.6. The molecular weight excluding hydrogens is 863 g/mol. The number of esters is 1. The predicted octanol–water partition coefficient (Wildman–Crippen LogP) is 20.0. The molecule has 0 bridgehead atoms. The zero-order valence-corrected chi connectivity index (χ0v) is 47.5. The summed E-state index contributed by atoms with van der Waals surface area (Å²) in [6, 6.07) is -0.551. The van der Waals surface area contributed by atoms with Crippen LogP contribution >= 0.6 is 0 Å². The van der Waals surface area contributed by atoms with Crippen molar-refractivity contribution in [2.45, 2.75) is 373 Å². The quantitative estimate of drug-likeness (QED) is 0.0321. The number of aliphatic hydroxyl groups excluding tert-OH is 2. The molecule has 0 aliphatic rings. The number of unbranched alkanes of at least 4 members (excludes halogenated alkanes) is 47. The number of aliphatic hydroxyl groups is 2.